The molecule has 0 amide bonds. The van der Waals surface area contributed by atoms with E-state index < -0.39 is 0 Å². The number of methoxy groups -OCH3 is 1. The molecular formula is C15H22N2O. The topological polar surface area (TPSA) is 47.3 Å². The molecule has 0 aromatic heterocycles. The number of hydrogen-bond acceptors (Lipinski definition) is 3. The Labute approximate surface area is 109 Å². The smallest absolute Gasteiger partial charge is 0.0743 e. The van der Waals surface area contributed by atoms with Crippen LogP contribution in [0.5, 0.6) is 0 Å². The molecular weight excluding hydrogens is 224 g/mol. The normalized spacial score (nSPS) is 18.5. The summed E-state index contributed by atoms with van der Waals surface area (Å²) >= 11 is 0. The molecule has 0 spiro atoms. The van der Waals surface area contributed by atoms with Gasteiger partial charge in [-0.25, -0.2) is 0 Å². The Bertz CT molecular complexity index is 405. The summed E-state index contributed by atoms with van der Waals surface area (Å²) in [6.07, 6.45) is 2.96. The summed E-state index contributed by atoms with van der Waals surface area (Å²) in [7, 11) is 1.81. The van der Waals surface area contributed by atoms with Crippen LogP contribution < -0.4 is 11.1 Å². The summed E-state index contributed by atoms with van der Waals surface area (Å²) in [5.74, 6) is 0. The maximum absolute atomic E-state index is 5.77. The van der Waals surface area contributed by atoms with Crippen LogP contribution in [-0.4, -0.2) is 25.8 Å². The first kappa shape index (κ1) is 13.1. The summed E-state index contributed by atoms with van der Waals surface area (Å²) in [5, 5.41) is 3.37. The number of rotatable bonds is 4. The molecule has 0 aliphatic carbocycles. The van der Waals surface area contributed by atoms with Crippen LogP contribution in [0.2, 0.25) is 0 Å². The van der Waals surface area contributed by atoms with Crippen molar-refractivity contribution in [1.82, 2.24) is 5.32 Å². The molecule has 98 valence electrons. The van der Waals surface area contributed by atoms with Crippen LogP contribution in [-0.2, 0) is 4.74 Å². The predicted molar refractivity (Wildman–Crippen MR) is 76.3 cm³/mol. The van der Waals surface area contributed by atoms with Crippen molar-refractivity contribution in [3.8, 4) is 0 Å². The first-order chi connectivity index (χ1) is 8.65. The highest BCUT2D eigenvalue weighted by Crippen LogP contribution is 2.33. The van der Waals surface area contributed by atoms with E-state index >= 15 is 0 Å². The number of nitrogen functional groups attached to an aromatic ring is 1. The summed E-state index contributed by atoms with van der Waals surface area (Å²) in [6.45, 7) is 6.23. The van der Waals surface area contributed by atoms with Gasteiger partial charge in [0.2, 0.25) is 0 Å². The first-order valence-electron chi connectivity index (χ1n) is 6.45. The zero-order chi connectivity index (χ0) is 13.0. The zero-order valence-electron chi connectivity index (χ0n) is 11.0. The molecule has 0 atom stereocenters. The highest BCUT2D eigenvalue weighted by atomic mass is 16.5. The fourth-order valence-corrected chi connectivity index (χ4v) is 2.55. The van der Waals surface area contributed by atoms with Gasteiger partial charge >= 0.3 is 0 Å². The third kappa shape index (κ3) is 2.92. The third-order valence-corrected chi connectivity index (χ3v) is 3.80. The molecule has 3 N–H and O–H groups in total. The number of benzene rings is 1. The highest BCUT2D eigenvalue weighted by molar-refractivity contribution is 5.65. The van der Waals surface area contributed by atoms with Crippen LogP contribution >= 0.6 is 0 Å². The van der Waals surface area contributed by atoms with Crippen LogP contribution in [0.3, 0.4) is 0 Å². The highest BCUT2D eigenvalue weighted by Gasteiger charge is 2.32. The Kier molecular flexibility index (Phi) is 4.04. The largest absolute Gasteiger partial charge is 0.399 e. The van der Waals surface area contributed by atoms with Gasteiger partial charge in [0.25, 0.3) is 0 Å². The van der Waals surface area contributed by atoms with E-state index in [0.29, 0.717) is 0 Å². The van der Waals surface area contributed by atoms with E-state index in [9.17, 15) is 0 Å². The summed E-state index contributed by atoms with van der Waals surface area (Å²) in [6, 6.07) is 7.90. The maximum atomic E-state index is 5.77. The van der Waals surface area contributed by atoms with Crippen molar-refractivity contribution in [1.29, 1.82) is 0 Å². The van der Waals surface area contributed by atoms with Gasteiger partial charge < -0.3 is 15.8 Å². The summed E-state index contributed by atoms with van der Waals surface area (Å²) < 4.78 is 5.77. The fraction of sp³-hybridized carbons (Fsp3) is 0.467. The molecule has 1 aromatic carbocycles. The van der Waals surface area contributed by atoms with Gasteiger partial charge in [-0.15, -0.1) is 0 Å². The number of nitrogens with one attached hydrogen (secondary N) is 1. The minimum atomic E-state index is -0.0519. The van der Waals surface area contributed by atoms with Gasteiger partial charge in [0.15, 0.2) is 0 Å². The van der Waals surface area contributed by atoms with Crippen molar-refractivity contribution in [3.05, 3.63) is 36.4 Å². The lowest BCUT2D eigenvalue weighted by Crippen LogP contribution is -2.43. The average molecular weight is 246 g/mol. The van der Waals surface area contributed by atoms with Gasteiger partial charge in [-0.05, 0) is 49.2 Å². The van der Waals surface area contributed by atoms with Crippen molar-refractivity contribution in [2.75, 3.05) is 25.9 Å². The monoisotopic (exact) mass is 246 g/mol. The number of nitrogens with two attached hydrogens (primary N) is 1. The van der Waals surface area contributed by atoms with E-state index in [1.807, 2.05) is 31.4 Å². The molecule has 1 heterocycles. The van der Waals surface area contributed by atoms with E-state index in [-0.39, 0.29) is 5.60 Å². The Morgan fingerprint density at radius 1 is 1.33 bits per heavy atom. The van der Waals surface area contributed by atoms with Gasteiger partial charge in [-0.2, -0.15) is 0 Å². The molecule has 1 fully saturated rings. The van der Waals surface area contributed by atoms with Crippen molar-refractivity contribution in [3.63, 3.8) is 0 Å². The summed E-state index contributed by atoms with van der Waals surface area (Å²) in [4.78, 5) is 0. The quantitative estimate of drug-likeness (QED) is 0.802. The van der Waals surface area contributed by atoms with Gasteiger partial charge in [0.1, 0.15) is 0 Å². The van der Waals surface area contributed by atoms with Gasteiger partial charge in [-0.1, -0.05) is 18.7 Å². The van der Waals surface area contributed by atoms with Crippen LogP contribution in [0, 0.1) is 0 Å². The van der Waals surface area contributed by atoms with E-state index in [4.69, 9.17) is 10.5 Å². The fourth-order valence-electron chi connectivity index (χ4n) is 2.55. The van der Waals surface area contributed by atoms with E-state index in [1.54, 1.807) is 0 Å². The van der Waals surface area contributed by atoms with Crippen LogP contribution in [0.15, 0.2) is 30.8 Å². The van der Waals surface area contributed by atoms with Crippen molar-refractivity contribution in [2.45, 2.75) is 24.9 Å². The number of hydrogen-bond donors (Lipinski definition) is 2. The SMILES string of the molecule is C=C(CC1(OC)CCNCC1)c1ccc(N)cc1. The Hall–Kier alpha value is -1.32. The molecule has 1 aliphatic heterocycles. The molecule has 3 heteroatoms. The molecule has 3 nitrogen and oxygen atoms in total. The lowest BCUT2D eigenvalue weighted by Gasteiger charge is -2.37. The molecule has 0 saturated carbocycles. The zero-order valence-corrected chi connectivity index (χ0v) is 11.0. The molecule has 0 radical (unpaired) electrons. The van der Waals surface area contributed by atoms with Crippen LogP contribution in [0.25, 0.3) is 5.57 Å². The van der Waals surface area contributed by atoms with Gasteiger partial charge in [0, 0.05) is 19.2 Å². The second kappa shape index (κ2) is 5.55. The maximum Gasteiger partial charge on any atom is 0.0743 e. The van der Waals surface area contributed by atoms with Crippen LogP contribution in [0.1, 0.15) is 24.8 Å². The van der Waals surface area contributed by atoms with E-state index in [0.717, 1.165) is 49.2 Å². The Morgan fingerprint density at radius 3 is 2.50 bits per heavy atom. The Balaban J connectivity index is 2.07. The lowest BCUT2D eigenvalue weighted by molar-refractivity contribution is -0.0293. The minimum absolute atomic E-state index is 0.0519. The van der Waals surface area contributed by atoms with Crippen molar-refractivity contribution >= 4 is 11.3 Å². The number of piperidine rings is 1. The molecule has 2 rings (SSSR count). The standard InChI is InChI=1S/C15H22N2O/c1-12(13-3-5-14(16)6-4-13)11-15(18-2)7-9-17-10-8-15/h3-6,17H,1,7-11,16H2,2H3. The molecule has 1 aromatic rings. The molecule has 18 heavy (non-hydrogen) atoms. The molecule has 1 aliphatic rings. The van der Waals surface area contributed by atoms with Crippen molar-refractivity contribution in [2.24, 2.45) is 0 Å². The first-order valence-corrected chi connectivity index (χ1v) is 6.45. The molecule has 1 saturated heterocycles. The van der Waals surface area contributed by atoms with E-state index in [2.05, 4.69) is 11.9 Å². The number of ether oxygens (including phenoxy) is 1. The third-order valence-electron chi connectivity index (χ3n) is 3.80. The molecule has 0 unspecified atom stereocenters. The number of anilines is 1. The van der Waals surface area contributed by atoms with Crippen LogP contribution in [0.4, 0.5) is 5.69 Å². The predicted octanol–water partition coefficient (Wildman–Crippen LogP) is 2.44. The second-order valence-electron chi connectivity index (χ2n) is 5.04. The van der Waals surface area contributed by atoms with Crippen molar-refractivity contribution < 1.29 is 4.74 Å². The average Bonchev–Trinajstić information content (AvgIpc) is 2.40. The van der Waals surface area contributed by atoms with E-state index in [1.165, 1.54) is 0 Å². The minimum Gasteiger partial charge on any atom is -0.399 e. The lowest BCUT2D eigenvalue weighted by atomic mass is 9.84. The Morgan fingerprint density at radius 2 is 1.94 bits per heavy atom. The summed E-state index contributed by atoms with van der Waals surface area (Å²) in [5.41, 5.74) is 8.71. The van der Waals surface area contributed by atoms with Gasteiger partial charge in [-0.3, -0.25) is 0 Å². The molecule has 0 bridgehead atoms. The second-order valence-corrected chi connectivity index (χ2v) is 5.04. The van der Waals surface area contributed by atoms with Gasteiger partial charge in [0.05, 0.1) is 5.60 Å².